The minimum Gasteiger partial charge on any atom is -0.396 e. The van der Waals surface area contributed by atoms with Crippen LogP contribution >= 0.6 is 12.2 Å². The Balaban J connectivity index is 0.000000187. The molecule has 0 saturated heterocycles. The van der Waals surface area contributed by atoms with Crippen molar-refractivity contribution < 1.29 is 0 Å². The van der Waals surface area contributed by atoms with E-state index in [1.807, 2.05) is 0 Å². The molecule has 0 atom stereocenters. The van der Waals surface area contributed by atoms with Crippen LogP contribution in [-0.2, 0) is 0 Å². The Bertz CT molecular complexity index is 72.6. The second-order valence-electron chi connectivity index (χ2n) is 1.99. The molecule has 0 aliphatic heterocycles. The summed E-state index contributed by atoms with van der Waals surface area (Å²) in [7, 11) is 0. The normalized spacial score (nSPS) is 15.7. The molecule has 4 heteroatoms. The van der Waals surface area contributed by atoms with Crippen molar-refractivity contribution in [3.8, 4) is 0 Å². The van der Waals surface area contributed by atoms with Gasteiger partial charge in [-0.15, -0.1) is 0 Å². The molecule has 0 aromatic heterocycles. The number of rotatable bonds is 2. The maximum Gasteiger partial charge on any atom is 0.0588 e. The maximum absolute atomic E-state index is 5.02. The second kappa shape index (κ2) is 5.94. The lowest BCUT2D eigenvalue weighted by molar-refractivity contribution is 0.669. The summed E-state index contributed by atoms with van der Waals surface area (Å²) in [6.45, 7) is 1.01. The summed E-state index contributed by atoms with van der Waals surface area (Å²) in [4.78, 5) is 0. The van der Waals surface area contributed by atoms with Crippen molar-refractivity contribution >= 4 is 17.7 Å². The standard InChI is InChI=1S/C4H10N2.CH3NS/c5-6-3-4-1-2-4;2-1-3/h4,6H,1-3,5H2;1H,(H2,2,3). The van der Waals surface area contributed by atoms with E-state index in [-0.39, 0.29) is 0 Å². The lowest BCUT2D eigenvalue weighted by Gasteiger charge is -1.87. The van der Waals surface area contributed by atoms with Crippen molar-refractivity contribution in [2.75, 3.05) is 6.54 Å². The summed E-state index contributed by atoms with van der Waals surface area (Å²) in [5, 5.41) is 0. The van der Waals surface area contributed by atoms with E-state index in [1.165, 1.54) is 12.8 Å². The summed E-state index contributed by atoms with van der Waals surface area (Å²) in [5.74, 6) is 5.93. The smallest absolute Gasteiger partial charge is 0.0588 e. The number of nitrogens with one attached hydrogen (secondary N) is 1. The van der Waals surface area contributed by atoms with E-state index in [2.05, 4.69) is 23.4 Å². The van der Waals surface area contributed by atoms with Crippen LogP contribution < -0.4 is 17.0 Å². The van der Waals surface area contributed by atoms with Gasteiger partial charge in [-0.2, -0.15) is 0 Å². The zero-order chi connectivity index (χ0) is 7.11. The monoisotopic (exact) mass is 147 g/mol. The summed E-state index contributed by atoms with van der Waals surface area (Å²) in [6.07, 6.45) is 2.76. The second-order valence-corrected chi connectivity index (χ2v) is 2.26. The van der Waals surface area contributed by atoms with Gasteiger partial charge in [-0.25, -0.2) is 0 Å². The zero-order valence-corrected chi connectivity index (χ0v) is 6.16. The lowest BCUT2D eigenvalue weighted by Crippen LogP contribution is -2.23. The zero-order valence-electron chi connectivity index (χ0n) is 5.34. The maximum atomic E-state index is 5.02. The fraction of sp³-hybridized carbons (Fsp3) is 0.800. The molecule has 1 saturated carbocycles. The highest BCUT2D eigenvalue weighted by Gasteiger charge is 2.19. The van der Waals surface area contributed by atoms with Gasteiger partial charge in [-0.1, -0.05) is 12.2 Å². The molecule has 1 fully saturated rings. The van der Waals surface area contributed by atoms with E-state index in [0.717, 1.165) is 18.0 Å². The molecule has 3 nitrogen and oxygen atoms in total. The Morgan fingerprint density at radius 1 is 1.67 bits per heavy atom. The molecule has 0 radical (unpaired) electrons. The molecule has 1 aliphatic carbocycles. The number of thiocarbonyl (C=S) groups is 1. The highest BCUT2D eigenvalue weighted by Crippen LogP contribution is 2.26. The first-order valence-corrected chi connectivity index (χ1v) is 3.41. The predicted molar refractivity (Wildman–Crippen MR) is 42.8 cm³/mol. The highest BCUT2D eigenvalue weighted by molar-refractivity contribution is 7.78. The first-order valence-electron chi connectivity index (χ1n) is 2.94. The van der Waals surface area contributed by atoms with Crippen molar-refractivity contribution in [1.29, 1.82) is 0 Å². The van der Waals surface area contributed by atoms with Crippen molar-refractivity contribution in [2.24, 2.45) is 17.5 Å². The van der Waals surface area contributed by atoms with Crippen LogP contribution in [0, 0.1) is 5.92 Å². The molecule has 1 rings (SSSR count). The van der Waals surface area contributed by atoms with Gasteiger partial charge >= 0.3 is 0 Å². The minimum absolute atomic E-state index is 0.912. The third kappa shape index (κ3) is 7.81. The molecule has 0 amide bonds. The quantitative estimate of drug-likeness (QED) is 0.286. The van der Waals surface area contributed by atoms with Gasteiger partial charge in [0.25, 0.3) is 0 Å². The van der Waals surface area contributed by atoms with Crippen molar-refractivity contribution in [3.05, 3.63) is 0 Å². The van der Waals surface area contributed by atoms with Crippen molar-refractivity contribution in [3.63, 3.8) is 0 Å². The highest BCUT2D eigenvalue weighted by atomic mass is 32.1. The van der Waals surface area contributed by atoms with Crippen LogP contribution in [-0.4, -0.2) is 12.0 Å². The fourth-order valence-electron chi connectivity index (χ4n) is 0.489. The molecule has 54 valence electrons. The van der Waals surface area contributed by atoms with Crippen LogP contribution in [0.3, 0.4) is 0 Å². The van der Waals surface area contributed by atoms with Crippen LogP contribution in [0.4, 0.5) is 0 Å². The molecule has 0 bridgehead atoms. The van der Waals surface area contributed by atoms with Gasteiger partial charge in [0.05, 0.1) is 5.49 Å². The van der Waals surface area contributed by atoms with Crippen LogP contribution in [0.5, 0.6) is 0 Å². The summed E-state index contributed by atoms with van der Waals surface area (Å²) < 4.78 is 0. The Labute approximate surface area is 60.8 Å². The number of hydrazine groups is 1. The van der Waals surface area contributed by atoms with Gasteiger partial charge in [-0.05, 0) is 18.8 Å². The first kappa shape index (κ1) is 8.81. The molecule has 5 N–H and O–H groups in total. The molecule has 0 aromatic rings. The fourth-order valence-corrected chi connectivity index (χ4v) is 0.489. The van der Waals surface area contributed by atoms with E-state index in [9.17, 15) is 0 Å². The lowest BCUT2D eigenvalue weighted by atomic mass is 10.4. The number of hydrogen-bond acceptors (Lipinski definition) is 3. The summed E-state index contributed by atoms with van der Waals surface area (Å²) >= 11 is 4.05. The van der Waals surface area contributed by atoms with Crippen molar-refractivity contribution in [2.45, 2.75) is 12.8 Å². The topological polar surface area (TPSA) is 64.1 Å². The van der Waals surface area contributed by atoms with Crippen LogP contribution in [0.15, 0.2) is 0 Å². The van der Waals surface area contributed by atoms with Crippen LogP contribution in [0.1, 0.15) is 12.8 Å². The van der Waals surface area contributed by atoms with Gasteiger partial charge in [0.15, 0.2) is 0 Å². The summed E-state index contributed by atoms with van der Waals surface area (Å²) in [5.41, 5.74) is 8.25. The van der Waals surface area contributed by atoms with Crippen LogP contribution in [0.2, 0.25) is 0 Å². The molecule has 0 unspecified atom stereocenters. The van der Waals surface area contributed by atoms with Gasteiger partial charge in [-0.3, -0.25) is 11.3 Å². The Morgan fingerprint density at radius 3 is 2.22 bits per heavy atom. The van der Waals surface area contributed by atoms with Crippen molar-refractivity contribution in [1.82, 2.24) is 5.43 Å². The minimum atomic E-state index is 0.912. The van der Waals surface area contributed by atoms with E-state index < -0.39 is 0 Å². The van der Waals surface area contributed by atoms with E-state index in [4.69, 9.17) is 5.84 Å². The third-order valence-corrected chi connectivity index (χ3v) is 1.10. The van der Waals surface area contributed by atoms with Gasteiger partial charge in [0, 0.05) is 6.54 Å². The number of hydrogen-bond donors (Lipinski definition) is 3. The molecule has 1 aliphatic rings. The van der Waals surface area contributed by atoms with E-state index >= 15 is 0 Å². The largest absolute Gasteiger partial charge is 0.396 e. The SMILES string of the molecule is NC=S.NNCC1CC1. The van der Waals surface area contributed by atoms with Gasteiger partial charge in [0.1, 0.15) is 0 Å². The molecule has 0 aromatic carbocycles. The Morgan fingerprint density at radius 2 is 2.11 bits per heavy atom. The third-order valence-electron chi connectivity index (χ3n) is 1.10. The average Bonchev–Trinajstić information content (AvgIpc) is 2.53. The Kier molecular flexibility index (Phi) is 5.81. The van der Waals surface area contributed by atoms with Gasteiger partial charge < -0.3 is 5.73 Å². The molecule has 0 heterocycles. The summed E-state index contributed by atoms with van der Waals surface area (Å²) in [6, 6.07) is 0. The van der Waals surface area contributed by atoms with Gasteiger partial charge in [0.2, 0.25) is 0 Å². The molecule has 0 spiro atoms. The number of nitrogens with two attached hydrogens (primary N) is 2. The van der Waals surface area contributed by atoms with Crippen LogP contribution in [0.25, 0.3) is 0 Å². The Hall–Kier alpha value is -0.190. The van der Waals surface area contributed by atoms with E-state index in [1.54, 1.807) is 0 Å². The predicted octanol–water partition coefficient (Wildman–Crippen LogP) is -0.238. The molecular formula is C5H13N3S. The van der Waals surface area contributed by atoms with E-state index in [0.29, 0.717) is 0 Å². The molecule has 9 heavy (non-hydrogen) atoms. The first-order chi connectivity index (χ1) is 4.35. The molecular weight excluding hydrogens is 134 g/mol. The average molecular weight is 147 g/mol.